The molecule has 0 radical (unpaired) electrons. The Balaban J connectivity index is 1.51. The van der Waals surface area contributed by atoms with Crippen molar-refractivity contribution in [2.45, 2.75) is 32.7 Å². The van der Waals surface area contributed by atoms with Gasteiger partial charge in [-0.3, -0.25) is 19.4 Å². The summed E-state index contributed by atoms with van der Waals surface area (Å²) in [5.41, 5.74) is 12.4. The largest absolute Gasteiger partial charge is 0.433 e. The van der Waals surface area contributed by atoms with Crippen LogP contribution in [0.1, 0.15) is 23.0 Å². The molecule has 1 amide bonds. The maximum absolute atomic E-state index is 13.6. The summed E-state index contributed by atoms with van der Waals surface area (Å²) in [7, 11) is 0. The summed E-state index contributed by atoms with van der Waals surface area (Å²) >= 11 is 0. The van der Waals surface area contributed by atoms with Crippen LogP contribution in [-0.4, -0.2) is 44.4 Å². The Morgan fingerprint density at radius 3 is 2.70 bits per heavy atom. The number of aryl methyl sites for hydroxylation is 1. The smallest absolute Gasteiger partial charge is 0.387 e. The van der Waals surface area contributed by atoms with Crippen molar-refractivity contribution in [3.05, 3.63) is 78.6 Å². The maximum Gasteiger partial charge on any atom is 0.387 e. The van der Waals surface area contributed by atoms with Crippen LogP contribution in [0.2, 0.25) is 0 Å². The van der Waals surface area contributed by atoms with Crippen LogP contribution >= 0.6 is 0 Å². The number of hydrogen-bond acceptors (Lipinski definition) is 8. The molecular formula is C25H24F2N8O2. The molecule has 1 aromatic carbocycles. The molecule has 190 valence electrons. The lowest BCUT2D eigenvalue weighted by atomic mass is 10.1. The van der Waals surface area contributed by atoms with Crippen LogP contribution in [0, 0.1) is 6.92 Å². The molecule has 0 saturated carbocycles. The minimum Gasteiger partial charge on any atom is -0.433 e. The molecule has 4 heterocycles. The Kier molecular flexibility index (Phi) is 6.30. The number of amides is 1. The van der Waals surface area contributed by atoms with Gasteiger partial charge in [-0.1, -0.05) is 18.2 Å². The molecule has 0 spiro atoms. The molecule has 0 saturated heterocycles. The Morgan fingerprint density at radius 1 is 1.16 bits per heavy atom. The number of carbonyl (C=O) groups excluding carboxylic acids is 1. The molecule has 0 bridgehead atoms. The topological polar surface area (TPSA) is 123 Å². The number of nitrogens with zero attached hydrogens (tertiary/aromatic N) is 5. The summed E-state index contributed by atoms with van der Waals surface area (Å²) in [5.74, 6) is 0.180. The number of benzene rings is 1. The van der Waals surface area contributed by atoms with Crippen molar-refractivity contribution in [2.75, 3.05) is 21.4 Å². The Labute approximate surface area is 211 Å². The van der Waals surface area contributed by atoms with Crippen molar-refractivity contribution >= 4 is 23.2 Å². The number of aromatic nitrogens is 4. The van der Waals surface area contributed by atoms with Crippen molar-refractivity contribution in [3.63, 3.8) is 0 Å². The van der Waals surface area contributed by atoms with E-state index in [1.54, 1.807) is 15.8 Å². The highest BCUT2D eigenvalue weighted by molar-refractivity contribution is 6.07. The second-order valence-corrected chi connectivity index (χ2v) is 8.51. The quantitative estimate of drug-likeness (QED) is 0.345. The van der Waals surface area contributed by atoms with Gasteiger partial charge in [-0.05, 0) is 43.7 Å². The highest BCUT2D eigenvalue weighted by atomic mass is 19.3. The molecule has 12 heteroatoms. The average molecular weight is 507 g/mol. The molecule has 2 atom stereocenters. The maximum atomic E-state index is 13.6. The first kappa shape index (κ1) is 24.0. The number of nitrogens with two attached hydrogens (primary N) is 1. The zero-order chi connectivity index (χ0) is 26.1. The van der Waals surface area contributed by atoms with Gasteiger partial charge >= 0.3 is 6.61 Å². The van der Waals surface area contributed by atoms with E-state index < -0.39 is 18.8 Å². The Morgan fingerprint density at radius 2 is 1.95 bits per heavy atom. The first-order valence-electron chi connectivity index (χ1n) is 11.4. The summed E-state index contributed by atoms with van der Waals surface area (Å²) in [4.78, 5) is 27.7. The number of fused-ring (bicyclic) bond motifs is 1. The van der Waals surface area contributed by atoms with Crippen molar-refractivity contribution < 1.29 is 18.3 Å². The van der Waals surface area contributed by atoms with Crippen molar-refractivity contribution in [2.24, 2.45) is 0 Å². The third-order valence-corrected chi connectivity index (χ3v) is 6.03. The van der Waals surface area contributed by atoms with Gasteiger partial charge in [-0.25, -0.2) is 9.97 Å². The van der Waals surface area contributed by atoms with Gasteiger partial charge in [0.1, 0.15) is 35.6 Å². The minimum atomic E-state index is -3.00. The van der Waals surface area contributed by atoms with Crippen molar-refractivity contribution in [1.29, 1.82) is 0 Å². The fourth-order valence-electron chi connectivity index (χ4n) is 4.36. The second kappa shape index (κ2) is 9.72. The molecule has 5 rings (SSSR count). The fourth-order valence-corrected chi connectivity index (χ4v) is 4.36. The first-order chi connectivity index (χ1) is 17.8. The van der Waals surface area contributed by atoms with Gasteiger partial charge in [0.2, 0.25) is 0 Å². The van der Waals surface area contributed by atoms with E-state index in [2.05, 4.69) is 30.4 Å². The number of nitrogens with one attached hydrogen (secondary N) is 2. The Bertz CT molecular complexity index is 1430. The number of halogens is 2. The molecule has 4 aromatic rings. The van der Waals surface area contributed by atoms with E-state index in [0.29, 0.717) is 28.3 Å². The normalized spacial score (nSPS) is 15.8. The summed E-state index contributed by atoms with van der Waals surface area (Å²) in [6, 6.07) is 12.2. The predicted octanol–water partition coefficient (Wildman–Crippen LogP) is 3.86. The zero-order valence-corrected chi connectivity index (χ0v) is 20.0. The molecule has 1 aliphatic rings. The van der Waals surface area contributed by atoms with Gasteiger partial charge in [0.15, 0.2) is 0 Å². The van der Waals surface area contributed by atoms with Crippen LogP contribution < -0.4 is 26.1 Å². The fraction of sp³-hybridized carbons (Fsp3) is 0.200. The molecule has 1 unspecified atom stereocenters. The number of anilines is 3. The van der Waals surface area contributed by atoms with Gasteiger partial charge in [0, 0.05) is 23.6 Å². The van der Waals surface area contributed by atoms with E-state index in [-0.39, 0.29) is 17.5 Å². The van der Waals surface area contributed by atoms with E-state index in [0.717, 1.165) is 5.56 Å². The van der Waals surface area contributed by atoms with Gasteiger partial charge in [-0.15, -0.1) is 0 Å². The van der Waals surface area contributed by atoms with E-state index in [1.165, 1.54) is 24.8 Å². The lowest BCUT2D eigenvalue weighted by molar-refractivity contribution is -0.0500. The number of pyridine rings is 1. The summed E-state index contributed by atoms with van der Waals surface area (Å²) in [6.45, 7) is 0.769. The van der Waals surface area contributed by atoms with Crippen LogP contribution in [0.3, 0.4) is 0 Å². The summed E-state index contributed by atoms with van der Waals surface area (Å²) in [6.07, 6.45) is 5.19. The van der Waals surface area contributed by atoms with Gasteiger partial charge in [-0.2, -0.15) is 8.78 Å². The molecule has 10 nitrogen and oxygen atoms in total. The van der Waals surface area contributed by atoms with Crippen LogP contribution in [0.5, 0.6) is 5.75 Å². The number of alkyl halides is 2. The van der Waals surface area contributed by atoms with Gasteiger partial charge < -0.3 is 21.2 Å². The molecule has 0 fully saturated rings. The summed E-state index contributed by atoms with van der Waals surface area (Å²) in [5, 5.41) is 3.32. The lowest BCUT2D eigenvalue weighted by Gasteiger charge is -2.41. The second-order valence-electron chi connectivity index (χ2n) is 8.51. The van der Waals surface area contributed by atoms with Crippen LogP contribution in [0.25, 0.3) is 11.1 Å². The van der Waals surface area contributed by atoms with E-state index in [1.807, 2.05) is 50.2 Å². The summed E-state index contributed by atoms with van der Waals surface area (Å²) < 4.78 is 31.7. The molecule has 3 aromatic heterocycles. The highest BCUT2D eigenvalue weighted by Crippen LogP contribution is 2.34. The number of para-hydroxylation sites is 1. The van der Waals surface area contributed by atoms with Crippen molar-refractivity contribution in [1.82, 2.24) is 19.6 Å². The first-order valence-corrected chi connectivity index (χ1v) is 11.4. The third kappa shape index (κ3) is 4.60. The van der Waals surface area contributed by atoms with E-state index in [4.69, 9.17) is 5.73 Å². The van der Waals surface area contributed by atoms with Crippen LogP contribution in [0.15, 0.2) is 67.4 Å². The van der Waals surface area contributed by atoms with E-state index in [9.17, 15) is 13.6 Å². The van der Waals surface area contributed by atoms with Crippen molar-refractivity contribution in [3.8, 4) is 16.9 Å². The van der Waals surface area contributed by atoms with Crippen LogP contribution in [0.4, 0.5) is 26.1 Å². The minimum absolute atomic E-state index is 0.122. The molecular weight excluding hydrogens is 482 g/mol. The third-order valence-electron chi connectivity index (χ3n) is 6.03. The van der Waals surface area contributed by atoms with Gasteiger partial charge in [0.05, 0.1) is 17.8 Å². The SMILES string of the molecule is Cc1ccn2c1C(=O)N(c1ccccc1)C([C@H](C)Nc1ncnc(N)c1-c1cncc(OC(F)F)c1)N2. The van der Waals surface area contributed by atoms with Crippen LogP contribution in [-0.2, 0) is 0 Å². The average Bonchev–Trinajstić information content (AvgIpc) is 3.25. The number of hydrogen-bond donors (Lipinski definition) is 3. The molecule has 4 N–H and O–H groups in total. The number of rotatable bonds is 7. The zero-order valence-electron chi connectivity index (χ0n) is 20.0. The monoisotopic (exact) mass is 506 g/mol. The number of ether oxygens (including phenoxy) is 1. The standard InChI is InChI=1S/C25H24F2N8O2/c1-14-8-9-34-20(14)24(36)35(17-6-4-3-5-7-17)23(33-34)15(2)32-22-19(21(28)30-13-31-22)16-10-18(12-29-11-16)37-25(26)27/h3-13,15,23,25,33H,1-2H3,(H3,28,30,31,32)/t15-,23?/m0/s1. The van der Waals surface area contributed by atoms with Gasteiger partial charge in [0.25, 0.3) is 5.91 Å². The Hall–Kier alpha value is -4.74. The molecule has 37 heavy (non-hydrogen) atoms. The number of carbonyl (C=O) groups is 1. The lowest BCUT2D eigenvalue weighted by Crippen LogP contribution is -2.59. The molecule has 1 aliphatic heterocycles. The predicted molar refractivity (Wildman–Crippen MR) is 135 cm³/mol. The molecule has 0 aliphatic carbocycles. The highest BCUT2D eigenvalue weighted by Gasteiger charge is 2.37. The number of nitrogen functional groups attached to an aromatic ring is 1. The van der Waals surface area contributed by atoms with E-state index >= 15 is 0 Å².